The van der Waals surface area contributed by atoms with E-state index in [1.54, 1.807) is 19.2 Å². The van der Waals surface area contributed by atoms with Crippen molar-refractivity contribution in [3.63, 3.8) is 0 Å². The van der Waals surface area contributed by atoms with Gasteiger partial charge in [0, 0.05) is 7.11 Å². The quantitative estimate of drug-likeness (QED) is 0.806. The number of carboxylic acids is 1. The second-order valence-corrected chi connectivity index (χ2v) is 5.18. The molecule has 0 heterocycles. The van der Waals surface area contributed by atoms with Gasteiger partial charge in [-0.25, -0.2) is 4.79 Å². The van der Waals surface area contributed by atoms with Crippen molar-refractivity contribution in [3.8, 4) is 0 Å². The number of benzene rings is 2. The summed E-state index contributed by atoms with van der Waals surface area (Å²) in [4.78, 5) is 11.5. The summed E-state index contributed by atoms with van der Waals surface area (Å²) in [5.74, 6) is -0.917. The van der Waals surface area contributed by atoms with Gasteiger partial charge in [0.1, 0.15) is 0 Å². The lowest BCUT2D eigenvalue weighted by atomic mass is 9.93. The summed E-state index contributed by atoms with van der Waals surface area (Å²) in [6.45, 7) is 1.97. The fraction of sp³-hybridized carbons (Fsp3) is 0.211. The number of carboxylic acid groups (broad SMARTS) is 1. The Morgan fingerprint density at radius 2 is 1.68 bits per heavy atom. The van der Waals surface area contributed by atoms with Crippen molar-refractivity contribution in [1.29, 1.82) is 0 Å². The van der Waals surface area contributed by atoms with Crippen molar-refractivity contribution in [1.82, 2.24) is 0 Å². The Hall–Kier alpha value is -2.39. The highest BCUT2D eigenvalue weighted by atomic mass is 16.5. The van der Waals surface area contributed by atoms with Crippen molar-refractivity contribution < 1.29 is 14.6 Å². The zero-order chi connectivity index (χ0) is 15.9. The van der Waals surface area contributed by atoms with Crippen LogP contribution in [-0.2, 0) is 4.74 Å². The maximum atomic E-state index is 11.5. The van der Waals surface area contributed by atoms with E-state index in [0.717, 1.165) is 16.7 Å². The zero-order valence-corrected chi connectivity index (χ0v) is 12.8. The molecule has 0 aliphatic carbocycles. The molecule has 1 unspecified atom stereocenters. The first-order valence-electron chi connectivity index (χ1n) is 7.23. The minimum Gasteiger partial charge on any atom is -0.478 e. The molecule has 0 aliphatic heterocycles. The Kier molecular flexibility index (Phi) is 5.50. The number of aromatic carboxylic acids is 1. The second kappa shape index (κ2) is 7.57. The van der Waals surface area contributed by atoms with Gasteiger partial charge in [-0.3, -0.25) is 0 Å². The standard InChI is InChI=1S/C19H20O3/c1-14(22-2)12-16(13-15-8-4-3-5-9-15)17-10-6-7-11-18(17)19(20)21/h3-11,13-14H,12H2,1-2H3,(H,20,21). The summed E-state index contributed by atoms with van der Waals surface area (Å²) in [5, 5.41) is 9.41. The largest absolute Gasteiger partial charge is 0.478 e. The summed E-state index contributed by atoms with van der Waals surface area (Å²) in [6.07, 6.45) is 2.68. The minimum absolute atomic E-state index is 0.0109. The van der Waals surface area contributed by atoms with Gasteiger partial charge in [0.05, 0.1) is 11.7 Å². The summed E-state index contributed by atoms with van der Waals surface area (Å²) in [7, 11) is 1.66. The summed E-state index contributed by atoms with van der Waals surface area (Å²) >= 11 is 0. The van der Waals surface area contributed by atoms with Crippen molar-refractivity contribution >= 4 is 17.6 Å². The van der Waals surface area contributed by atoms with Crippen LogP contribution >= 0.6 is 0 Å². The average Bonchev–Trinajstić information content (AvgIpc) is 2.55. The molecule has 0 spiro atoms. The van der Waals surface area contributed by atoms with Gasteiger partial charge in [0.25, 0.3) is 0 Å². The summed E-state index contributed by atoms with van der Waals surface area (Å²) in [5.41, 5.74) is 3.05. The molecule has 2 aromatic rings. The van der Waals surface area contributed by atoms with Crippen LogP contribution in [0.25, 0.3) is 11.6 Å². The first-order chi connectivity index (χ1) is 10.6. The SMILES string of the molecule is COC(C)CC(=Cc1ccccc1)c1ccccc1C(=O)O. The van der Waals surface area contributed by atoms with E-state index >= 15 is 0 Å². The Balaban J connectivity index is 2.50. The number of methoxy groups -OCH3 is 1. The number of ether oxygens (including phenoxy) is 1. The molecule has 2 aromatic carbocycles. The summed E-state index contributed by atoms with van der Waals surface area (Å²) in [6, 6.07) is 17.0. The molecule has 0 aromatic heterocycles. The van der Waals surface area contributed by atoms with Crippen LogP contribution in [0.15, 0.2) is 54.6 Å². The number of rotatable bonds is 6. The van der Waals surface area contributed by atoms with Crippen molar-refractivity contribution in [3.05, 3.63) is 71.3 Å². The Labute approximate surface area is 130 Å². The minimum atomic E-state index is -0.917. The molecule has 3 nitrogen and oxygen atoms in total. The molecular weight excluding hydrogens is 276 g/mol. The molecule has 2 rings (SSSR count). The second-order valence-electron chi connectivity index (χ2n) is 5.18. The van der Waals surface area contributed by atoms with Crippen molar-refractivity contribution in [2.45, 2.75) is 19.4 Å². The van der Waals surface area contributed by atoms with Crippen LogP contribution in [-0.4, -0.2) is 24.3 Å². The third-order valence-electron chi connectivity index (χ3n) is 3.55. The molecule has 0 aliphatic rings. The zero-order valence-electron chi connectivity index (χ0n) is 12.8. The first-order valence-corrected chi connectivity index (χ1v) is 7.23. The van der Waals surface area contributed by atoms with Crippen molar-refractivity contribution in [2.75, 3.05) is 7.11 Å². The highest BCUT2D eigenvalue weighted by Gasteiger charge is 2.15. The molecule has 0 saturated heterocycles. The van der Waals surface area contributed by atoms with Crippen LogP contribution in [0.2, 0.25) is 0 Å². The van der Waals surface area contributed by atoms with Gasteiger partial charge in [-0.15, -0.1) is 0 Å². The lowest BCUT2D eigenvalue weighted by Gasteiger charge is -2.15. The van der Waals surface area contributed by atoms with Gasteiger partial charge in [-0.05, 0) is 36.1 Å². The lowest BCUT2D eigenvalue weighted by Crippen LogP contribution is -2.08. The molecule has 114 valence electrons. The fourth-order valence-corrected chi connectivity index (χ4v) is 2.34. The lowest BCUT2D eigenvalue weighted by molar-refractivity contribution is 0.0696. The topological polar surface area (TPSA) is 46.5 Å². The van der Waals surface area contributed by atoms with E-state index < -0.39 is 5.97 Å². The number of carbonyl (C=O) groups is 1. The maximum absolute atomic E-state index is 11.5. The Morgan fingerprint density at radius 1 is 1.09 bits per heavy atom. The molecule has 22 heavy (non-hydrogen) atoms. The molecule has 1 N–H and O–H groups in total. The third kappa shape index (κ3) is 4.06. The smallest absolute Gasteiger partial charge is 0.336 e. The third-order valence-corrected chi connectivity index (χ3v) is 3.55. The van der Waals surface area contributed by atoms with E-state index in [4.69, 9.17) is 4.74 Å². The van der Waals surface area contributed by atoms with E-state index in [1.807, 2.05) is 55.5 Å². The molecule has 1 atom stereocenters. The van der Waals surface area contributed by atoms with Crippen LogP contribution in [0.1, 0.15) is 34.8 Å². The van der Waals surface area contributed by atoms with E-state index in [-0.39, 0.29) is 6.10 Å². The highest BCUT2D eigenvalue weighted by Crippen LogP contribution is 2.27. The molecule has 0 radical (unpaired) electrons. The first kappa shape index (κ1) is 16.0. The van der Waals surface area contributed by atoms with Gasteiger partial charge in [-0.2, -0.15) is 0 Å². The van der Waals surface area contributed by atoms with E-state index in [0.29, 0.717) is 12.0 Å². The van der Waals surface area contributed by atoms with E-state index in [1.165, 1.54) is 0 Å². The molecule has 0 saturated carbocycles. The van der Waals surface area contributed by atoms with Crippen LogP contribution in [0.3, 0.4) is 0 Å². The van der Waals surface area contributed by atoms with Crippen LogP contribution < -0.4 is 0 Å². The maximum Gasteiger partial charge on any atom is 0.336 e. The van der Waals surface area contributed by atoms with Crippen LogP contribution in [0.5, 0.6) is 0 Å². The van der Waals surface area contributed by atoms with Gasteiger partial charge in [0.2, 0.25) is 0 Å². The average molecular weight is 296 g/mol. The van der Waals surface area contributed by atoms with Gasteiger partial charge in [-0.1, -0.05) is 54.6 Å². The van der Waals surface area contributed by atoms with Gasteiger partial charge in [0.15, 0.2) is 0 Å². The highest BCUT2D eigenvalue weighted by molar-refractivity contribution is 5.96. The Bertz CT molecular complexity index is 659. The van der Waals surface area contributed by atoms with Gasteiger partial charge < -0.3 is 9.84 Å². The predicted octanol–water partition coefficient (Wildman–Crippen LogP) is 4.35. The molecule has 0 fully saturated rings. The van der Waals surface area contributed by atoms with E-state index in [2.05, 4.69) is 0 Å². The molecular formula is C19H20O3. The normalized spacial score (nSPS) is 12.9. The monoisotopic (exact) mass is 296 g/mol. The van der Waals surface area contributed by atoms with Crippen LogP contribution in [0.4, 0.5) is 0 Å². The van der Waals surface area contributed by atoms with E-state index in [9.17, 15) is 9.90 Å². The van der Waals surface area contributed by atoms with Crippen LogP contribution in [0, 0.1) is 0 Å². The number of hydrogen-bond donors (Lipinski definition) is 1. The summed E-state index contributed by atoms with van der Waals surface area (Å²) < 4.78 is 5.35. The number of hydrogen-bond acceptors (Lipinski definition) is 2. The molecule has 0 amide bonds. The van der Waals surface area contributed by atoms with Gasteiger partial charge >= 0.3 is 5.97 Å². The molecule has 0 bridgehead atoms. The molecule has 3 heteroatoms. The Morgan fingerprint density at radius 3 is 2.27 bits per heavy atom. The van der Waals surface area contributed by atoms with Crippen molar-refractivity contribution in [2.24, 2.45) is 0 Å². The predicted molar refractivity (Wildman–Crippen MR) is 88.8 cm³/mol. The fourth-order valence-electron chi connectivity index (χ4n) is 2.34.